The second-order valence-corrected chi connectivity index (χ2v) is 5.23. The molecular weight excluding hydrogens is 280 g/mol. The van der Waals surface area contributed by atoms with Crippen molar-refractivity contribution in [2.75, 3.05) is 20.2 Å². The van der Waals surface area contributed by atoms with Gasteiger partial charge in [-0.15, -0.1) is 0 Å². The van der Waals surface area contributed by atoms with Crippen molar-refractivity contribution in [2.24, 2.45) is 15.0 Å². The van der Waals surface area contributed by atoms with Gasteiger partial charge in [-0.05, 0) is 5.56 Å². The molecule has 2 heterocycles. The zero-order valence-corrected chi connectivity index (χ0v) is 12.5. The summed E-state index contributed by atoms with van der Waals surface area (Å²) < 4.78 is 0. The molecule has 3 rings (SSSR count). The Morgan fingerprint density at radius 2 is 2.09 bits per heavy atom. The highest BCUT2D eigenvalue weighted by molar-refractivity contribution is 6.06. The standard InChI is InChI=1S/C15H20N6O/c1-21-10-18-12-13(17-9-11-5-3-2-4-6-11)19-15(16-7-8-22)20-14(12)21/h2-6,10,12,14,22H,7-9H2,1H3,(H2,16,17,19,20). The van der Waals surface area contributed by atoms with Crippen molar-refractivity contribution in [1.82, 2.24) is 15.5 Å². The fourth-order valence-electron chi connectivity index (χ4n) is 2.47. The van der Waals surface area contributed by atoms with Crippen LogP contribution in [0.25, 0.3) is 0 Å². The number of likely N-dealkylation sites (N-methyl/N-ethyl adjacent to an activating group) is 1. The summed E-state index contributed by atoms with van der Waals surface area (Å²) in [6.07, 6.45) is 1.81. The lowest BCUT2D eigenvalue weighted by Gasteiger charge is -2.33. The number of nitrogens with one attached hydrogen (secondary N) is 2. The SMILES string of the molecule is CN1C=NC2C(=NCc3ccccc3)NC(=NCCO)NC21. The number of aliphatic hydroxyl groups is 1. The number of hydrogen-bond acceptors (Lipinski definition) is 5. The quantitative estimate of drug-likeness (QED) is 0.719. The van der Waals surface area contributed by atoms with Gasteiger partial charge >= 0.3 is 0 Å². The van der Waals surface area contributed by atoms with Crippen LogP contribution in [0.3, 0.4) is 0 Å². The Kier molecular flexibility index (Phi) is 4.34. The molecule has 7 heteroatoms. The molecule has 2 atom stereocenters. The molecule has 116 valence electrons. The van der Waals surface area contributed by atoms with Gasteiger partial charge in [0.15, 0.2) is 5.96 Å². The predicted octanol–water partition coefficient (Wildman–Crippen LogP) is -0.205. The Hall–Kier alpha value is -2.41. The zero-order valence-electron chi connectivity index (χ0n) is 12.5. The highest BCUT2D eigenvalue weighted by atomic mass is 16.3. The van der Waals surface area contributed by atoms with Crippen LogP contribution >= 0.6 is 0 Å². The normalized spacial score (nSPS) is 26.9. The number of guanidine groups is 1. The van der Waals surface area contributed by atoms with Crippen LogP contribution in [-0.4, -0.2) is 60.5 Å². The molecule has 7 nitrogen and oxygen atoms in total. The lowest BCUT2D eigenvalue weighted by atomic mass is 10.1. The first-order chi connectivity index (χ1) is 10.8. The summed E-state index contributed by atoms with van der Waals surface area (Å²) in [5.41, 5.74) is 1.15. The van der Waals surface area contributed by atoms with Gasteiger partial charge in [-0.3, -0.25) is 15.0 Å². The Balaban J connectivity index is 1.79. The van der Waals surface area contributed by atoms with E-state index in [9.17, 15) is 0 Å². The Morgan fingerprint density at radius 1 is 1.27 bits per heavy atom. The Morgan fingerprint density at radius 3 is 2.86 bits per heavy atom. The van der Waals surface area contributed by atoms with Gasteiger partial charge in [0.2, 0.25) is 0 Å². The number of benzene rings is 1. The summed E-state index contributed by atoms with van der Waals surface area (Å²) in [6, 6.07) is 10.0. The van der Waals surface area contributed by atoms with Crippen molar-refractivity contribution in [3.63, 3.8) is 0 Å². The minimum atomic E-state index is -0.0678. The smallest absolute Gasteiger partial charge is 0.198 e. The second kappa shape index (κ2) is 6.57. The van der Waals surface area contributed by atoms with Gasteiger partial charge in [0.05, 0.1) is 26.0 Å². The maximum Gasteiger partial charge on any atom is 0.198 e. The van der Waals surface area contributed by atoms with Gasteiger partial charge < -0.3 is 20.6 Å². The molecule has 1 aromatic carbocycles. The minimum Gasteiger partial charge on any atom is -0.394 e. The fraction of sp³-hybridized carbons (Fsp3) is 0.400. The summed E-state index contributed by atoms with van der Waals surface area (Å²) >= 11 is 0. The molecule has 2 unspecified atom stereocenters. The van der Waals surface area contributed by atoms with Crippen LogP contribution in [0.4, 0.5) is 0 Å². The van der Waals surface area contributed by atoms with Crippen LogP contribution in [0, 0.1) is 0 Å². The lowest BCUT2D eigenvalue weighted by molar-refractivity contribution is 0.305. The van der Waals surface area contributed by atoms with Crippen LogP contribution in [-0.2, 0) is 6.54 Å². The summed E-state index contributed by atoms with van der Waals surface area (Å²) in [5.74, 6) is 1.42. The van der Waals surface area contributed by atoms with Crippen molar-refractivity contribution >= 4 is 18.1 Å². The maximum atomic E-state index is 8.93. The second-order valence-electron chi connectivity index (χ2n) is 5.23. The van der Waals surface area contributed by atoms with Crippen molar-refractivity contribution < 1.29 is 5.11 Å². The van der Waals surface area contributed by atoms with Gasteiger partial charge in [-0.1, -0.05) is 30.3 Å². The van der Waals surface area contributed by atoms with Crippen LogP contribution in [0.1, 0.15) is 5.56 Å². The zero-order chi connectivity index (χ0) is 15.4. The first kappa shape index (κ1) is 14.5. The number of nitrogens with zero attached hydrogens (tertiary/aromatic N) is 4. The van der Waals surface area contributed by atoms with Crippen LogP contribution < -0.4 is 10.6 Å². The molecule has 0 aliphatic carbocycles. The third kappa shape index (κ3) is 3.09. The molecule has 3 N–H and O–H groups in total. The summed E-state index contributed by atoms with van der Waals surface area (Å²) in [4.78, 5) is 15.4. The van der Waals surface area contributed by atoms with Gasteiger partial charge in [-0.2, -0.15) is 0 Å². The first-order valence-electron chi connectivity index (χ1n) is 7.30. The van der Waals surface area contributed by atoms with Crippen LogP contribution in [0.5, 0.6) is 0 Å². The molecule has 1 saturated heterocycles. The average molecular weight is 300 g/mol. The van der Waals surface area contributed by atoms with Gasteiger partial charge in [0.1, 0.15) is 18.0 Å². The van der Waals surface area contributed by atoms with E-state index in [1.54, 1.807) is 6.34 Å². The molecule has 0 radical (unpaired) electrons. The Labute approximate surface area is 129 Å². The molecule has 1 fully saturated rings. The summed E-state index contributed by atoms with van der Waals surface area (Å²) in [6.45, 7) is 0.964. The molecular formula is C15H20N6O. The van der Waals surface area contributed by atoms with E-state index in [1.165, 1.54) is 0 Å². The van der Waals surface area contributed by atoms with Crippen LogP contribution in [0.15, 0.2) is 45.3 Å². The van der Waals surface area contributed by atoms with E-state index < -0.39 is 0 Å². The molecule has 1 aromatic rings. The predicted molar refractivity (Wildman–Crippen MR) is 87.1 cm³/mol. The minimum absolute atomic E-state index is 0.00761. The molecule has 2 aliphatic rings. The number of amidine groups is 1. The number of aliphatic hydroxyl groups excluding tert-OH is 1. The molecule has 0 amide bonds. The number of fused-ring (bicyclic) bond motifs is 1. The number of aliphatic imine (C=N–C) groups is 3. The van der Waals surface area contributed by atoms with E-state index in [0.29, 0.717) is 19.0 Å². The number of hydrogen-bond donors (Lipinski definition) is 3. The van der Waals surface area contributed by atoms with Crippen molar-refractivity contribution in [3.05, 3.63) is 35.9 Å². The summed E-state index contributed by atoms with van der Waals surface area (Å²) in [7, 11) is 1.96. The molecule has 2 aliphatic heterocycles. The summed E-state index contributed by atoms with van der Waals surface area (Å²) in [5, 5.41) is 15.4. The Bertz CT molecular complexity index is 597. The molecule has 0 bridgehead atoms. The van der Waals surface area contributed by atoms with Gasteiger partial charge in [0.25, 0.3) is 0 Å². The fourth-order valence-corrected chi connectivity index (χ4v) is 2.47. The molecule has 0 spiro atoms. The first-order valence-corrected chi connectivity index (χ1v) is 7.30. The molecule has 0 saturated carbocycles. The van der Waals surface area contributed by atoms with E-state index in [-0.39, 0.29) is 18.8 Å². The third-order valence-electron chi connectivity index (χ3n) is 3.60. The van der Waals surface area contributed by atoms with Crippen molar-refractivity contribution in [2.45, 2.75) is 18.8 Å². The van der Waals surface area contributed by atoms with Gasteiger partial charge in [-0.25, -0.2) is 0 Å². The highest BCUT2D eigenvalue weighted by Gasteiger charge is 2.37. The van der Waals surface area contributed by atoms with Crippen LogP contribution in [0.2, 0.25) is 0 Å². The highest BCUT2D eigenvalue weighted by Crippen LogP contribution is 2.14. The van der Waals surface area contributed by atoms with Gasteiger partial charge in [0, 0.05) is 7.05 Å². The van der Waals surface area contributed by atoms with E-state index in [1.807, 2.05) is 42.3 Å². The van der Waals surface area contributed by atoms with E-state index in [4.69, 9.17) is 5.11 Å². The molecule has 22 heavy (non-hydrogen) atoms. The molecule has 0 aromatic heterocycles. The number of rotatable bonds is 4. The maximum absolute atomic E-state index is 8.93. The third-order valence-corrected chi connectivity index (χ3v) is 3.60. The lowest BCUT2D eigenvalue weighted by Crippen LogP contribution is -2.63. The average Bonchev–Trinajstić information content (AvgIpc) is 2.93. The topological polar surface area (TPSA) is 84.6 Å². The van der Waals surface area contributed by atoms with E-state index in [0.717, 1.165) is 11.4 Å². The monoisotopic (exact) mass is 300 g/mol. The van der Waals surface area contributed by atoms with E-state index in [2.05, 4.69) is 25.6 Å². The van der Waals surface area contributed by atoms with E-state index >= 15 is 0 Å². The van der Waals surface area contributed by atoms with Crippen molar-refractivity contribution in [1.29, 1.82) is 0 Å². The van der Waals surface area contributed by atoms with Crippen molar-refractivity contribution in [3.8, 4) is 0 Å². The largest absolute Gasteiger partial charge is 0.394 e.